The molecule has 1 N–H and O–H groups in total. The zero-order chi connectivity index (χ0) is 19.1. The third-order valence-electron chi connectivity index (χ3n) is 4.03. The summed E-state index contributed by atoms with van der Waals surface area (Å²) in [5.74, 6) is 0. The summed E-state index contributed by atoms with van der Waals surface area (Å²) in [7, 11) is 1.49. The lowest BCUT2D eigenvalue weighted by atomic mass is 10.1. The summed E-state index contributed by atoms with van der Waals surface area (Å²) >= 11 is 0. The second-order valence-electron chi connectivity index (χ2n) is 5.60. The fourth-order valence-electron chi connectivity index (χ4n) is 2.82. The molecule has 26 heavy (non-hydrogen) atoms. The first-order valence-electron chi connectivity index (χ1n) is 7.60. The summed E-state index contributed by atoms with van der Waals surface area (Å²) in [4.78, 5) is 16.6. The normalized spacial score (nSPS) is 11.4. The van der Waals surface area contributed by atoms with E-state index in [1.54, 1.807) is 31.2 Å². The average molecular weight is 358 g/mol. The number of para-hydroxylation sites is 1. The maximum absolute atomic E-state index is 13.1. The lowest BCUT2D eigenvalue weighted by molar-refractivity contribution is -0.141. The Balaban J connectivity index is 2.57. The summed E-state index contributed by atoms with van der Waals surface area (Å²) in [5.41, 5.74) is -1.01. The Hall–Kier alpha value is -3.34. The van der Waals surface area contributed by atoms with E-state index in [-0.39, 0.29) is 22.3 Å². The van der Waals surface area contributed by atoms with Gasteiger partial charge in [0.1, 0.15) is 23.0 Å². The molecule has 0 bridgehead atoms. The Morgan fingerprint density at radius 2 is 1.88 bits per heavy atom. The maximum Gasteiger partial charge on any atom is 0.433 e. The van der Waals surface area contributed by atoms with Gasteiger partial charge in [-0.2, -0.15) is 18.4 Å². The van der Waals surface area contributed by atoms with Crippen molar-refractivity contribution in [1.29, 1.82) is 5.26 Å². The van der Waals surface area contributed by atoms with Gasteiger partial charge in [-0.1, -0.05) is 18.2 Å². The number of hydrogen-bond donors (Lipinski definition) is 1. The van der Waals surface area contributed by atoms with E-state index in [0.717, 1.165) is 10.6 Å². The molecule has 5 nitrogen and oxygen atoms in total. The number of alkyl halides is 3. The fraction of sp³-hybridized carbons (Fsp3) is 0.167. The topological polar surface area (TPSA) is 70.7 Å². The summed E-state index contributed by atoms with van der Waals surface area (Å²) in [6.07, 6.45) is -4.66. The van der Waals surface area contributed by atoms with Crippen LogP contribution in [-0.2, 0) is 6.18 Å². The molecule has 0 amide bonds. The van der Waals surface area contributed by atoms with Gasteiger partial charge in [0.15, 0.2) is 0 Å². The van der Waals surface area contributed by atoms with Gasteiger partial charge in [0, 0.05) is 12.4 Å². The van der Waals surface area contributed by atoms with Crippen LogP contribution < -0.4 is 10.9 Å². The van der Waals surface area contributed by atoms with Gasteiger partial charge < -0.3 is 5.32 Å². The van der Waals surface area contributed by atoms with Gasteiger partial charge in [0.25, 0.3) is 5.56 Å². The molecule has 0 radical (unpaired) electrons. The Morgan fingerprint density at radius 1 is 1.19 bits per heavy atom. The van der Waals surface area contributed by atoms with Crippen molar-refractivity contribution in [2.45, 2.75) is 13.1 Å². The molecule has 0 aliphatic rings. The maximum atomic E-state index is 13.1. The highest BCUT2D eigenvalue weighted by atomic mass is 19.4. The molecular weight excluding hydrogens is 345 g/mol. The lowest BCUT2D eigenvalue weighted by Gasteiger charge is -2.17. The van der Waals surface area contributed by atoms with Crippen molar-refractivity contribution in [3.8, 4) is 11.8 Å². The quantitative estimate of drug-likeness (QED) is 0.759. The molecule has 0 aliphatic carbocycles. The molecule has 3 rings (SSSR count). The molecule has 3 aromatic rings. The van der Waals surface area contributed by atoms with Crippen LogP contribution in [0.1, 0.15) is 16.8 Å². The molecule has 0 atom stereocenters. The minimum absolute atomic E-state index is 0.151. The van der Waals surface area contributed by atoms with Gasteiger partial charge in [0.05, 0.1) is 11.4 Å². The number of hydrogen-bond acceptors (Lipinski definition) is 4. The standard InChI is InChI=1S/C18H13F3N4O/c1-10-5-3-4-6-13(10)25-16-11(7-8-14(24-16)18(19,20)21)15(23-2)12(9-22)17(25)26/h3-8,23H,1-2H3. The minimum Gasteiger partial charge on any atom is -0.386 e. The van der Waals surface area contributed by atoms with Gasteiger partial charge in [0.2, 0.25) is 0 Å². The number of rotatable bonds is 2. The van der Waals surface area contributed by atoms with E-state index in [9.17, 15) is 23.2 Å². The first-order chi connectivity index (χ1) is 12.3. The number of benzene rings is 1. The summed E-state index contributed by atoms with van der Waals surface area (Å²) < 4.78 is 40.5. The van der Waals surface area contributed by atoms with Gasteiger partial charge >= 0.3 is 6.18 Å². The summed E-state index contributed by atoms with van der Waals surface area (Å²) in [6, 6.07) is 10.6. The Kier molecular flexibility index (Phi) is 4.16. The van der Waals surface area contributed by atoms with Crippen LogP contribution in [0.4, 0.5) is 18.9 Å². The minimum atomic E-state index is -4.66. The number of nitrogens with zero attached hydrogens (tertiary/aromatic N) is 3. The number of nitrogens with one attached hydrogen (secondary N) is 1. The highest BCUT2D eigenvalue weighted by Crippen LogP contribution is 2.32. The van der Waals surface area contributed by atoms with E-state index >= 15 is 0 Å². The molecule has 0 fully saturated rings. The van der Waals surface area contributed by atoms with Crippen LogP contribution in [0.5, 0.6) is 0 Å². The molecule has 0 saturated carbocycles. The van der Waals surface area contributed by atoms with Crippen LogP contribution in [0.2, 0.25) is 0 Å². The average Bonchev–Trinajstić information content (AvgIpc) is 2.60. The number of aromatic nitrogens is 2. The molecule has 0 aliphatic heterocycles. The first kappa shape index (κ1) is 17.5. The molecule has 1 aromatic carbocycles. The molecule has 0 saturated heterocycles. The number of anilines is 1. The van der Waals surface area contributed by atoms with Crippen molar-refractivity contribution in [3.63, 3.8) is 0 Å². The number of pyridine rings is 2. The van der Waals surface area contributed by atoms with Crippen molar-refractivity contribution >= 4 is 16.7 Å². The third kappa shape index (κ3) is 2.67. The highest BCUT2D eigenvalue weighted by molar-refractivity contribution is 5.93. The second kappa shape index (κ2) is 6.19. The molecule has 132 valence electrons. The predicted molar refractivity (Wildman–Crippen MR) is 91.3 cm³/mol. The first-order valence-corrected chi connectivity index (χ1v) is 7.60. The van der Waals surface area contributed by atoms with E-state index in [1.165, 1.54) is 13.1 Å². The monoisotopic (exact) mass is 358 g/mol. The van der Waals surface area contributed by atoms with Crippen LogP contribution >= 0.6 is 0 Å². The Morgan fingerprint density at radius 3 is 2.46 bits per heavy atom. The molecule has 2 heterocycles. The number of aryl methyl sites for hydroxylation is 1. The zero-order valence-corrected chi connectivity index (χ0v) is 13.8. The molecule has 8 heteroatoms. The van der Waals surface area contributed by atoms with Crippen LogP contribution in [0.25, 0.3) is 16.7 Å². The van der Waals surface area contributed by atoms with Gasteiger partial charge in [-0.3, -0.25) is 9.36 Å². The van der Waals surface area contributed by atoms with Crippen LogP contribution in [-0.4, -0.2) is 16.6 Å². The SMILES string of the molecule is CNc1c(C#N)c(=O)n(-c2ccccc2C)c2nc(C(F)(F)F)ccc12. The van der Waals surface area contributed by atoms with E-state index < -0.39 is 17.4 Å². The summed E-state index contributed by atoms with van der Waals surface area (Å²) in [6.45, 7) is 1.72. The van der Waals surface area contributed by atoms with Crippen LogP contribution in [0, 0.1) is 18.3 Å². The van der Waals surface area contributed by atoms with Gasteiger partial charge in [-0.25, -0.2) is 4.98 Å². The molecule has 2 aromatic heterocycles. The summed E-state index contributed by atoms with van der Waals surface area (Å²) in [5, 5.41) is 12.4. The molecular formula is C18H13F3N4O. The number of nitriles is 1. The van der Waals surface area contributed by atoms with E-state index in [2.05, 4.69) is 10.3 Å². The van der Waals surface area contributed by atoms with Crippen molar-refractivity contribution in [2.75, 3.05) is 12.4 Å². The Bertz CT molecular complexity index is 1110. The number of halogens is 3. The number of fused-ring (bicyclic) bond motifs is 1. The van der Waals surface area contributed by atoms with Gasteiger partial charge in [-0.15, -0.1) is 0 Å². The Labute approximate surface area is 146 Å². The molecule has 0 spiro atoms. The second-order valence-corrected chi connectivity index (χ2v) is 5.60. The fourth-order valence-corrected chi connectivity index (χ4v) is 2.82. The van der Waals surface area contributed by atoms with Crippen molar-refractivity contribution in [3.05, 3.63) is 63.6 Å². The van der Waals surface area contributed by atoms with Crippen molar-refractivity contribution in [2.24, 2.45) is 0 Å². The van der Waals surface area contributed by atoms with Crippen LogP contribution in [0.15, 0.2) is 41.2 Å². The predicted octanol–water partition coefficient (Wildman–Crippen LogP) is 3.63. The largest absolute Gasteiger partial charge is 0.433 e. The van der Waals surface area contributed by atoms with Gasteiger partial charge in [-0.05, 0) is 30.7 Å². The lowest BCUT2D eigenvalue weighted by Crippen LogP contribution is -2.25. The van der Waals surface area contributed by atoms with E-state index in [1.807, 2.05) is 6.07 Å². The smallest absolute Gasteiger partial charge is 0.386 e. The zero-order valence-electron chi connectivity index (χ0n) is 13.8. The third-order valence-corrected chi connectivity index (χ3v) is 4.03. The van der Waals surface area contributed by atoms with Crippen LogP contribution in [0.3, 0.4) is 0 Å². The van der Waals surface area contributed by atoms with E-state index in [0.29, 0.717) is 11.3 Å². The van der Waals surface area contributed by atoms with E-state index in [4.69, 9.17) is 0 Å². The van der Waals surface area contributed by atoms with Crippen molar-refractivity contribution in [1.82, 2.24) is 9.55 Å². The highest BCUT2D eigenvalue weighted by Gasteiger charge is 2.33. The van der Waals surface area contributed by atoms with Crippen molar-refractivity contribution < 1.29 is 13.2 Å². The molecule has 0 unspecified atom stereocenters.